The predicted molar refractivity (Wildman–Crippen MR) is 407 cm³/mol. The average Bonchev–Trinajstić information content (AvgIpc) is 1.53. The molecule has 6 N–H and O–H groups in total. The third-order valence-electron chi connectivity index (χ3n) is 20.7. The van der Waals surface area contributed by atoms with Crippen LogP contribution in [0.4, 0.5) is 5.69 Å². The number of aryl methyl sites for hydroxylation is 2. The molecule has 105 heavy (non-hydrogen) atoms. The van der Waals surface area contributed by atoms with Crippen molar-refractivity contribution >= 4 is 86.0 Å². The second-order valence-corrected chi connectivity index (χ2v) is 29.0. The summed E-state index contributed by atoms with van der Waals surface area (Å²) in [6.07, 6.45) is 17.4. The fraction of sp³-hybridized carbons (Fsp3) is 0.287. The first-order valence-corrected chi connectivity index (χ1v) is 35.0. The van der Waals surface area contributed by atoms with Crippen LogP contribution in [0.1, 0.15) is 163 Å². The molecule has 1 aliphatic carbocycles. The minimum Gasteiger partial charge on any atom is -0.872 e. The van der Waals surface area contributed by atoms with E-state index in [4.69, 9.17) is 14.2 Å². The van der Waals surface area contributed by atoms with Crippen LogP contribution in [0.2, 0.25) is 0 Å². The van der Waals surface area contributed by atoms with E-state index in [-0.39, 0.29) is 63.3 Å². The summed E-state index contributed by atoms with van der Waals surface area (Å²) in [4.78, 5) is 65.3. The number of carbonyl (C=O) groups excluding carboxylic acids is 1. The highest BCUT2D eigenvalue weighted by Crippen LogP contribution is 2.65. The Labute approximate surface area is 610 Å². The molecule has 542 valence electrons. The summed E-state index contributed by atoms with van der Waals surface area (Å²) < 4.78 is 24.8. The number of carboxylic acids is 4. The molecule has 9 aromatic rings. The molecular weight excluding hydrogens is 1330 g/mol. The van der Waals surface area contributed by atoms with E-state index in [2.05, 4.69) is 134 Å². The number of benzene rings is 7. The lowest BCUT2D eigenvalue weighted by Crippen LogP contribution is -2.66. The van der Waals surface area contributed by atoms with Crippen molar-refractivity contribution in [2.45, 2.75) is 137 Å². The number of hydrogen-bond acceptors (Lipinski definition) is 12. The number of pyridine rings is 1. The first-order valence-electron chi connectivity index (χ1n) is 35.0. The maximum Gasteiger partial charge on any atom is 0.340 e. The van der Waals surface area contributed by atoms with E-state index >= 15 is 0 Å². The van der Waals surface area contributed by atoms with Crippen molar-refractivity contribution in [1.82, 2.24) is 4.57 Å². The number of para-hydroxylation sites is 1. The number of anilines is 1. The molecule has 1 saturated heterocycles. The van der Waals surface area contributed by atoms with Crippen LogP contribution in [0.5, 0.6) is 28.7 Å². The Morgan fingerprint density at radius 1 is 0.705 bits per heavy atom. The molecule has 2 aromatic heterocycles. The van der Waals surface area contributed by atoms with E-state index < -0.39 is 69.5 Å². The molecule has 1 spiro atoms. The Kier molecular flexibility index (Phi) is 20.9. The van der Waals surface area contributed by atoms with Gasteiger partial charge in [-0.15, -0.1) is 0 Å². The summed E-state index contributed by atoms with van der Waals surface area (Å²) >= 11 is 0. The highest BCUT2D eigenvalue weighted by molar-refractivity contribution is 6.17. The third kappa shape index (κ3) is 14.0. The Morgan fingerprint density at radius 3 is 1.97 bits per heavy atom. The van der Waals surface area contributed by atoms with E-state index in [0.29, 0.717) is 64.1 Å². The second-order valence-electron chi connectivity index (χ2n) is 29.0. The van der Waals surface area contributed by atoms with Gasteiger partial charge < -0.3 is 59.4 Å². The Morgan fingerprint density at radius 2 is 1.34 bits per heavy atom. The number of carboxylic acid groups (broad SMARTS) is 4. The number of phenols is 2. The first kappa shape index (κ1) is 74.7. The van der Waals surface area contributed by atoms with Gasteiger partial charge >= 0.3 is 23.9 Å². The zero-order chi connectivity index (χ0) is 75.9. The number of fused-ring (bicyclic) bond motifs is 5. The monoisotopic (exact) mass is 1420 g/mol. The summed E-state index contributed by atoms with van der Waals surface area (Å²) in [6.45, 7) is 19.2. The average molecular weight is 1420 g/mol. The van der Waals surface area contributed by atoms with Crippen LogP contribution in [0, 0.1) is 19.8 Å². The van der Waals surface area contributed by atoms with Gasteiger partial charge in [0, 0.05) is 101 Å². The summed E-state index contributed by atoms with van der Waals surface area (Å²) in [5, 5.41) is 78.5. The van der Waals surface area contributed by atoms with Crippen molar-refractivity contribution in [3.63, 3.8) is 0 Å². The van der Waals surface area contributed by atoms with Gasteiger partial charge in [0.1, 0.15) is 46.8 Å². The van der Waals surface area contributed by atoms with E-state index in [0.717, 1.165) is 12.0 Å². The molecule has 13 rings (SSSR count). The number of phenolic OH excluding ortho intramolecular Hbond substituents is 1. The van der Waals surface area contributed by atoms with Gasteiger partial charge in [-0.05, 0) is 201 Å². The van der Waals surface area contributed by atoms with Crippen molar-refractivity contribution in [2.24, 2.45) is 13.0 Å². The molecule has 1 fully saturated rings. The van der Waals surface area contributed by atoms with Crippen LogP contribution in [0.3, 0.4) is 0 Å². The van der Waals surface area contributed by atoms with Crippen molar-refractivity contribution in [3.05, 3.63) is 242 Å². The van der Waals surface area contributed by atoms with Gasteiger partial charge in [0.05, 0.1) is 16.7 Å². The number of ketones is 1. The number of Topliss-reactive ketones (excluding diaryl/α,β-unsaturated/α-hetero) is 1. The molecule has 18 nitrogen and oxygen atoms in total. The highest BCUT2D eigenvalue weighted by Gasteiger charge is 2.77. The van der Waals surface area contributed by atoms with Crippen molar-refractivity contribution in [1.29, 1.82) is 0 Å². The van der Waals surface area contributed by atoms with Gasteiger partial charge in [-0.1, -0.05) is 108 Å². The smallest absolute Gasteiger partial charge is 0.340 e. The van der Waals surface area contributed by atoms with Gasteiger partial charge in [0.15, 0.2) is 11.4 Å². The van der Waals surface area contributed by atoms with Crippen molar-refractivity contribution < 1.29 is 78.5 Å². The molecule has 4 aliphatic rings. The molecule has 0 bridgehead atoms. The summed E-state index contributed by atoms with van der Waals surface area (Å²) in [7, 11) is 6.28. The highest BCUT2D eigenvalue weighted by atomic mass is 16.6. The summed E-state index contributed by atoms with van der Waals surface area (Å²) in [6, 6.07) is 40.3. The van der Waals surface area contributed by atoms with Crippen molar-refractivity contribution in [2.75, 3.05) is 19.0 Å². The number of aromatic nitrogens is 2. The first-order chi connectivity index (χ1) is 49.7. The fourth-order valence-electron chi connectivity index (χ4n) is 15.3. The number of carbonyl (C=O) groups is 5. The number of hydrogen-bond donors (Lipinski definition) is 6. The summed E-state index contributed by atoms with van der Waals surface area (Å²) in [5.74, 6) is -7.24. The lowest BCUT2D eigenvalue weighted by Gasteiger charge is -2.50. The molecule has 5 heterocycles. The van der Waals surface area contributed by atoms with Gasteiger partial charge in [-0.25, -0.2) is 19.2 Å². The Balaban J connectivity index is 0.000000165. The van der Waals surface area contributed by atoms with Crippen LogP contribution < -0.4 is 24.0 Å². The topological polar surface area (TPSA) is 270 Å². The quantitative estimate of drug-likeness (QED) is 0.0281. The van der Waals surface area contributed by atoms with Crippen molar-refractivity contribution in [3.8, 4) is 34.4 Å². The number of aliphatic carboxylic acids is 2. The normalized spacial score (nSPS) is 18.9. The molecule has 0 saturated carbocycles. The van der Waals surface area contributed by atoms with E-state index in [1.165, 1.54) is 75.6 Å². The minimum atomic E-state index is -2.16. The molecule has 4 atom stereocenters. The van der Waals surface area contributed by atoms with E-state index in [9.17, 15) is 59.7 Å². The van der Waals surface area contributed by atoms with Crippen LogP contribution in [-0.4, -0.2) is 101 Å². The van der Waals surface area contributed by atoms with Gasteiger partial charge in [0.2, 0.25) is 16.8 Å². The maximum atomic E-state index is 14.7. The van der Waals surface area contributed by atoms with Crippen LogP contribution in [0.25, 0.3) is 56.4 Å². The van der Waals surface area contributed by atoms with Crippen LogP contribution in [0.15, 0.2) is 180 Å². The number of nitrogens with zero attached hydrogens (tertiary/aromatic N) is 3. The zero-order valence-electron chi connectivity index (χ0n) is 61.5. The Bertz CT molecular complexity index is 5130. The number of aromatic carboxylic acids is 2. The minimum absolute atomic E-state index is 0.0407. The summed E-state index contributed by atoms with van der Waals surface area (Å²) in [5.41, 5.74) is 5.73. The fourth-order valence-corrected chi connectivity index (χ4v) is 15.3. The van der Waals surface area contributed by atoms with E-state index in [1.807, 2.05) is 46.8 Å². The predicted octanol–water partition coefficient (Wildman–Crippen LogP) is 16.6. The van der Waals surface area contributed by atoms with Gasteiger partial charge in [0.25, 0.3) is 0 Å². The van der Waals surface area contributed by atoms with E-state index in [1.54, 1.807) is 74.5 Å². The SMILES string of the molecule is CC(C)=CCCC1(C)C=Cc2c(O)c3c(c(CC=C(C)C)c2O1)OC12C(=CCCC1C(C)(C)OC2(CC=C(C)C(=O)O)C(=O)O)C3=O.Cc1cc(C=Cc2ccc3cc(N(C)C)ccc3[n+]2C)c(C)n1-c1ccccc1.O=C(O)c1cc2ccccc2c(Cc2c(O)c(C(=O)O)cc3ccccc23)c1[O-]. The Hall–Kier alpha value is -11.5. The zero-order valence-corrected chi connectivity index (χ0v) is 61.5. The number of allylic oxidation sites excluding steroid dienone is 5. The molecule has 4 unspecified atom stereocenters. The number of ether oxygens (including phenoxy) is 3. The van der Waals surface area contributed by atoms with Gasteiger partial charge in [-0.2, -0.15) is 4.57 Å². The van der Waals surface area contributed by atoms with Crippen LogP contribution >= 0.6 is 0 Å². The third-order valence-corrected chi connectivity index (χ3v) is 20.7. The molecule has 18 heteroatoms. The molecule has 7 aromatic carbocycles. The second kappa shape index (κ2) is 29.3. The molecule has 0 radical (unpaired) electrons. The molecule has 0 amide bonds. The number of aromatic hydroxyl groups is 2. The molecule has 3 aliphatic heterocycles. The largest absolute Gasteiger partial charge is 0.872 e. The maximum absolute atomic E-state index is 14.7. The lowest BCUT2D eigenvalue weighted by atomic mass is 9.60. The van der Waals surface area contributed by atoms with Gasteiger partial charge in [-0.3, -0.25) is 4.79 Å². The lowest BCUT2D eigenvalue weighted by molar-refractivity contribution is -0.646. The van der Waals surface area contributed by atoms with Crippen LogP contribution in [-0.2, 0) is 34.2 Å². The molecular formula is C87H89N3O15. The number of rotatable bonds is 17. The standard InChI is InChI=1S/C38H46O9.C26H28N3.C23H16O6/c1-21(2)11-10-18-36(8)19-17-24-29(39)28-30(40)26-12-9-13-27-35(6,7)47-37(34(43)44,20-16-23(5)33(41)42)38(26,27)46-32(28)25(31(24)45-36)15-14-22(3)4;1-19-17-21(20(2)29(19)24-9-7-6-8-10-24)11-13-23-14-12-22-18-25(27(3)4)15-16-26(22)28(23)5;24-20-16(14-7-3-1-5-12(14)9-18(20)22(26)27)11-17-15-8-4-2-6-13(15)10-19(21(17)25)23(28)29/h11-12,14,16-17,19,27,39H,9-10,13,15,18,20H2,1-8H3,(H,41,42)(H,43,44);6-18H,1-5H3;1-10,24-25H,11H2,(H,26,27)(H,28,29)/q;+1;/p-1.